The normalized spacial score (nSPS) is 33.4. The van der Waals surface area contributed by atoms with Gasteiger partial charge in [0.25, 0.3) is 0 Å². The van der Waals surface area contributed by atoms with E-state index in [4.69, 9.17) is 4.74 Å². The van der Waals surface area contributed by atoms with Crippen LogP contribution in [0.15, 0.2) is 36.5 Å². The van der Waals surface area contributed by atoms with Gasteiger partial charge in [0.1, 0.15) is 11.9 Å². The number of carbonyl (C=O) groups is 1. The van der Waals surface area contributed by atoms with Crippen LogP contribution in [-0.2, 0) is 16.0 Å². The number of rotatable bonds is 5. The molecule has 160 valence electrons. The fourth-order valence-corrected chi connectivity index (χ4v) is 6.34. The maximum Gasteiger partial charge on any atom is 0.310 e. The number of carbonyl (C=O) groups excluding carboxylic acids is 1. The third-order valence-corrected chi connectivity index (χ3v) is 8.01. The van der Waals surface area contributed by atoms with Crippen molar-refractivity contribution in [3.05, 3.63) is 42.1 Å². The minimum Gasteiger partial charge on any atom is -0.508 e. The molecule has 3 N–H and O–H groups in total. The van der Waals surface area contributed by atoms with Gasteiger partial charge in [-0.25, -0.2) is 0 Å². The lowest BCUT2D eigenvalue weighted by Gasteiger charge is -2.50. The number of ether oxygens (including phenoxy) is 1. The minimum absolute atomic E-state index is 0.0256. The number of phenols is 1. The van der Waals surface area contributed by atoms with E-state index >= 15 is 0 Å². The molecular weight excluding hydrogens is 376 g/mol. The summed E-state index contributed by atoms with van der Waals surface area (Å²) in [6.45, 7) is 8.21. The van der Waals surface area contributed by atoms with Crippen molar-refractivity contribution in [2.45, 2.75) is 51.6 Å². The highest BCUT2D eigenvalue weighted by Gasteiger charge is 2.54. The Morgan fingerprint density at radius 3 is 3.13 bits per heavy atom. The van der Waals surface area contributed by atoms with E-state index in [1.807, 2.05) is 12.3 Å². The van der Waals surface area contributed by atoms with Crippen LogP contribution >= 0.6 is 0 Å². The molecule has 5 heteroatoms. The minimum atomic E-state index is -0.0544. The molecule has 5 atom stereocenters. The highest BCUT2D eigenvalue weighted by atomic mass is 16.6. The predicted molar refractivity (Wildman–Crippen MR) is 117 cm³/mol. The van der Waals surface area contributed by atoms with Gasteiger partial charge in [-0.3, -0.25) is 4.79 Å². The number of H-pyrrole nitrogens is 1. The Bertz CT molecular complexity index is 980. The van der Waals surface area contributed by atoms with Gasteiger partial charge in [-0.15, -0.1) is 0 Å². The van der Waals surface area contributed by atoms with Crippen LogP contribution < -0.4 is 5.32 Å². The van der Waals surface area contributed by atoms with E-state index in [1.54, 1.807) is 12.1 Å². The molecule has 3 fully saturated rings. The van der Waals surface area contributed by atoms with Crippen LogP contribution in [0, 0.1) is 23.2 Å². The predicted octanol–water partition coefficient (Wildman–Crippen LogP) is 4.32. The van der Waals surface area contributed by atoms with Gasteiger partial charge in [0, 0.05) is 29.6 Å². The molecule has 2 saturated carbocycles. The summed E-state index contributed by atoms with van der Waals surface area (Å²) < 4.78 is 5.86. The molecule has 30 heavy (non-hydrogen) atoms. The van der Waals surface area contributed by atoms with Crippen LogP contribution in [0.4, 0.5) is 0 Å². The van der Waals surface area contributed by atoms with Crippen molar-refractivity contribution in [1.29, 1.82) is 0 Å². The fraction of sp³-hybridized carbons (Fsp3) is 0.560. The number of hydrogen-bond donors (Lipinski definition) is 3. The summed E-state index contributed by atoms with van der Waals surface area (Å²) in [5, 5.41) is 14.3. The molecule has 1 saturated heterocycles. The zero-order valence-corrected chi connectivity index (χ0v) is 17.7. The van der Waals surface area contributed by atoms with Gasteiger partial charge in [-0.05, 0) is 80.2 Å². The van der Waals surface area contributed by atoms with E-state index in [0.29, 0.717) is 18.4 Å². The van der Waals surface area contributed by atoms with Gasteiger partial charge in [0.05, 0.1) is 5.92 Å². The second kappa shape index (κ2) is 7.45. The molecule has 5 unspecified atom stereocenters. The molecule has 2 aromatic rings. The van der Waals surface area contributed by atoms with Crippen molar-refractivity contribution in [2.24, 2.45) is 23.2 Å². The highest BCUT2D eigenvalue weighted by Crippen LogP contribution is 2.56. The summed E-state index contributed by atoms with van der Waals surface area (Å²) in [5.74, 6) is 1.04. The standard InChI is InChI=1S/C25H32N2O3/c1-15-4-3-8-25(2)12-23-19(11-21(15)25)20(24(29)30-23)14-26-9-7-16-13-27-22-6-5-17(28)10-18(16)22/h5-6,10,13,19-21,23,26-28H,1,3-4,7-9,11-12,14H2,2H3. The number of aromatic amines is 1. The van der Waals surface area contributed by atoms with Crippen LogP contribution in [0.1, 0.15) is 44.6 Å². The Kier molecular flexibility index (Phi) is 4.89. The Morgan fingerprint density at radius 1 is 1.40 bits per heavy atom. The van der Waals surface area contributed by atoms with Gasteiger partial charge in [0.2, 0.25) is 0 Å². The average Bonchev–Trinajstić information content (AvgIpc) is 3.23. The van der Waals surface area contributed by atoms with Gasteiger partial charge in [-0.1, -0.05) is 19.1 Å². The highest BCUT2D eigenvalue weighted by molar-refractivity contribution is 5.84. The smallest absolute Gasteiger partial charge is 0.310 e. The van der Waals surface area contributed by atoms with E-state index in [9.17, 15) is 9.90 Å². The molecule has 0 spiro atoms. The topological polar surface area (TPSA) is 74.3 Å². The lowest BCUT2D eigenvalue weighted by molar-refractivity contribution is -0.146. The van der Waals surface area contributed by atoms with Crippen LogP contribution in [0.5, 0.6) is 5.75 Å². The Labute approximate surface area is 177 Å². The molecule has 0 bridgehead atoms. The van der Waals surface area contributed by atoms with Gasteiger partial charge in [0.15, 0.2) is 0 Å². The number of hydrogen-bond acceptors (Lipinski definition) is 4. The summed E-state index contributed by atoms with van der Waals surface area (Å²) in [7, 11) is 0. The number of esters is 1. The first-order valence-electron chi connectivity index (χ1n) is 11.3. The number of benzene rings is 1. The average molecular weight is 409 g/mol. The van der Waals surface area contributed by atoms with Gasteiger partial charge >= 0.3 is 5.97 Å². The van der Waals surface area contributed by atoms with Crippen molar-refractivity contribution >= 4 is 16.9 Å². The summed E-state index contributed by atoms with van der Waals surface area (Å²) in [6.07, 6.45) is 8.53. The summed E-state index contributed by atoms with van der Waals surface area (Å²) in [5.41, 5.74) is 3.84. The van der Waals surface area contributed by atoms with Crippen molar-refractivity contribution < 1.29 is 14.6 Å². The first kappa shape index (κ1) is 19.7. The monoisotopic (exact) mass is 408 g/mol. The first-order valence-corrected chi connectivity index (χ1v) is 11.3. The number of fused-ring (bicyclic) bond motifs is 3. The molecule has 1 aliphatic heterocycles. The Morgan fingerprint density at radius 2 is 2.27 bits per heavy atom. The number of phenolic OH excluding ortho intramolecular Hbond substituents is 1. The second-order valence-electron chi connectivity index (χ2n) is 9.90. The van der Waals surface area contributed by atoms with E-state index in [0.717, 1.165) is 43.1 Å². The number of aromatic hydroxyl groups is 1. The quantitative estimate of drug-likeness (QED) is 0.391. The van der Waals surface area contributed by atoms with Crippen LogP contribution in [0.3, 0.4) is 0 Å². The molecule has 1 aromatic heterocycles. The molecule has 5 rings (SSSR count). The second-order valence-corrected chi connectivity index (χ2v) is 9.90. The summed E-state index contributed by atoms with van der Waals surface area (Å²) >= 11 is 0. The lowest BCUT2D eigenvalue weighted by atomic mass is 9.55. The molecule has 0 radical (unpaired) electrons. The SMILES string of the molecule is C=C1CCCC2(C)CC3OC(=O)C(CNCCc4c[nH]c5ccc(O)cc45)C3CC12. The number of allylic oxidation sites excluding steroid dienone is 1. The largest absolute Gasteiger partial charge is 0.508 e. The van der Waals surface area contributed by atoms with E-state index < -0.39 is 0 Å². The van der Waals surface area contributed by atoms with E-state index in [-0.39, 0.29) is 29.2 Å². The molecule has 2 aliphatic carbocycles. The Balaban J connectivity index is 1.21. The summed E-state index contributed by atoms with van der Waals surface area (Å²) in [6, 6.07) is 5.39. The zero-order chi connectivity index (χ0) is 20.9. The van der Waals surface area contributed by atoms with Crippen molar-refractivity contribution in [2.75, 3.05) is 13.1 Å². The molecule has 1 aromatic carbocycles. The zero-order valence-electron chi connectivity index (χ0n) is 17.7. The van der Waals surface area contributed by atoms with E-state index in [1.165, 1.54) is 24.0 Å². The molecule has 0 amide bonds. The van der Waals surface area contributed by atoms with Crippen LogP contribution in [0.2, 0.25) is 0 Å². The van der Waals surface area contributed by atoms with E-state index in [2.05, 4.69) is 23.8 Å². The molecule has 2 heterocycles. The lowest BCUT2D eigenvalue weighted by Crippen LogP contribution is -2.45. The first-order chi connectivity index (χ1) is 14.4. The van der Waals surface area contributed by atoms with Gasteiger partial charge < -0.3 is 20.1 Å². The molecule has 3 aliphatic rings. The summed E-state index contributed by atoms with van der Waals surface area (Å²) in [4.78, 5) is 15.9. The van der Waals surface area contributed by atoms with Crippen LogP contribution in [-0.4, -0.2) is 35.3 Å². The number of aromatic nitrogens is 1. The van der Waals surface area contributed by atoms with Crippen molar-refractivity contribution in [1.82, 2.24) is 10.3 Å². The third-order valence-electron chi connectivity index (χ3n) is 8.01. The van der Waals surface area contributed by atoms with Crippen molar-refractivity contribution in [3.8, 4) is 5.75 Å². The molecular formula is C25H32N2O3. The fourth-order valence-electron chi connectivity index (χ4n) is 6.34. The van der Waals surface area contributed by atoms with Gasteiger partial charge in [-0.2, -0.15) is 0 Å². The Hall–Kier alpha value is -2.27. The van der Waals surface area contributed by atoms with Crippen molar-refractivity contribution in [3.63, 3.8) is 0 Å². The maximum absolute atomic E-state index is 12.6. The number of nitrogens with one attached hydrogen (secondary N) is 2. The maximum atomic E-state index is 12.6. The molecule has 5 nitrogen and oxygen atoms in total. The third kappa shape index (κ3) is 3.33. The van der Waals surface area contributed by atoms with Crippen LogP contribution in [0.25, 0.3) is 10.9 Å².